The van der Waals surface area contributed by atoms with E-state index in [9.17, 15) is 14.4 Å². The topological polar surface area (TPSA) is 82.1 Å². The maximum atomic E-state index is 13.6. The summed E-state index contributed by atoms with van der Waals surface area (Å²) < 4.78 is 17.0. The summed E-state index contributed by atoms with van der Waals surface area (Å²) in [6, 6.07) is 13.0. The first-order valence-electron chi connectivity index (χ1n) is 13.6. The molecule has 39 heavy (non-hydrogen) atoms. The number of piperidine rings is 1. The molecule has 0 aliphatic carbocycles. The number of methoxy groups -OCH3 is 2. The fraction of sp³-hybridized carbons (Fsp3) is 0.516. The Morgan fingerprint density at radius 1 is 1.05 bits per heavy atom. The number of nitrogens with zero attached hydrogens (tertiary/aromatic N) is 1. The van der Waals surface area contributed by atoms with Gasteiger partial charge in [-0.25, -0.2) is 4.79 Å². The second kappa shape index (κ2) is 13.9. The molecule has 2 atom stereocenters. The van der Waals surface area contributed by atoms with Crippen LogP contribution < -0.4 is 9.47 Å². The normalized spacial score (nSPS) is 16.4. The van der Waals surface area contributed by atoms with Gasteiger partial charge in [0, 0.05) is 16.9 Å². The zero-order valence-electron chi connectivity index (χ0n) is 24.0. The predicted molar refractivity (Wildman–Crippen MR) is 153 cm³/mol. The molecule has 0 unspecified atom stereocenters. The third kappa shape index (κ3) is 7.56. The third-order valence-electron chi connectivity index (χ3n) is 7.60. The number of amides is 1. The number of thioether (sulfide) groups is 1. The van der Waals surface area contributed by atoms with Crippen LogP contribution in [0.3, 0.4) is 0 Å². The first kappa shape index (κ1) is 30.5. The van der Waals surface area contributed by atoms with Crippen LogP contribution in [-0.4, -0.2) is 55.6 Å². The highest BCUT2D eigenvalue weighted by atomic mass is 32.2. The number of hydrogen-bond acceptors (Lipinski definition) is 7. The van der Waals surface area contributed by atoms with Gasteiger partial charge in [0.05, 0.1) is 14.2 Å². The largest absolute Gasteiger partial charge is 0.493 e. The maximum Gasteiger partial charge on any atom is 0.329 e. The number of rotatable bonds is 12. The quantitative estimate of drug-likeness (QED) is 0.180. The zero-order chi connectivity index (χ0) is 28.6. The van der Waals surface area contributed by atoms with Crippen molar-refractivity contribution in [3.8, 4) is 11.5 Å². The van der Waals surface area contributed by atoms with Crippen molar-refractivity contribution in [1.82, 2.24) is 4.90 Å². The van der Waals surface area contributed by atoms with Gasteiger partial charge in [-0.1, -0.05) is 39.0 Å². The van der Waals surface area contributed by atoms with Crippen LogP contribution in [0.15, 0.2) is 47.4 Å². The number of hydrogen-bond donors (Lipinski definition) is 0. The van der Waals surface area contributed by atoms with E-state index in [4.69, 9.17) is 14.2 Å². The lowest BCUT2D eigenvalue weighted by atomic mass is 9.84. The number of Topliss-reactive ketones (excluding diaryl/α,β-unsaturated/α-hetero) is 1. The maximum absolute atomic E-state index is 13.6. The van der Waals surface area contributed by atoms with E-state index in [1.165, 1.54) is 4.90 Å². The van der Waals surface area contributed by atoms with Crippen molar-refractivity contribution in [2.24, 2.45) is 5.41 Å². The third-order valence-corrected chi connectivity index (χ3v) is 8.32. The summed E-state index contributed by atoms with van der Waals surface area (Å²) in [6.07, 6.45) is 5.26. The van der Waals surface area contributed by atoms with Crippen molar-refractivity contribution in [3.63, 3.8) is 0 Å². The minimum Gasteiger partial charge on any atom is -0.493 e. The van der Waals surface area contributed by atoms with E-state index in [1.54, 1.807) is 39.8 Å². The Hall–Kier alpha value is -3.00. The van der Waals surface area contributed by atoms with Crippen molar-refractivity contribution in [2.75, 3.05) is 27.0 Å². The second-order valence-electron chi connectivity index (χ2n) is 10.5. The van der Waals surface area contributed by atoms with E-state index in [0.717, 1.165) is 28.9 Å². The standard InChI is InChI=1S/C31H41NO6S/c1-7-31(2,3)28(33)29(34)32-18-9-8-13-24(32)30(35)38-25(22-11-10-12-23(20-22)39-6)16-14-21-15-17-26(36-4)27(19-21)37-5/h10-12,15,17,19-20,24-25H,7-9,13-14,16,18H2,1-6H3/t24-,25+/m0/s1. The van der Waals surface area contributed by atoms with E-state index >= 15 is 0 Å². The molecule has 2 aromatic carbocycles. The van der Waals surface area contributed by atoms with Crippen LogP contribution >= 0.6 is 11.8 Å². The zero-order valence-corrected chi connectivity index (χ0v) is 24.8. The molecule has 0 N–H and O–H groups in total. The van der Waals surface area contributed by atoms with E-state index in [0.29, 0.717) is 43.7 Å². The van der Waals surface area contributed by atoms with Gasteiger partial charge in [0.1, 0.15) is 12.1 Å². The van der Waals surface area contributed by atoms with Gasteiger partial charge in [-0.05, 0) is 80.2 Å². The number of carbonyl (C=O) groups is 3. The Kier molecular flexibility index (Phi) is 10.9. The number of ether oxygens (including phenoxy) is 3. The van der Waals surface area contributed by atoms with Gasteiger partial charge in [0.2, 0.25) is 5.78 Å². The summed E-state index contributed by atoms with van der Waals surface area (Å²) in [6.45, 7) is 5.81. The molecule has 1 aliphatic rings. The van der Waals surface area contributed by atoms with E-state index < -0.39 is 35.2 Å². The van der Waals surface area contributed by atoms with Crippen molar-refractivity contribution in [1.29, 1.82) is 0 Å². The molecule has 1 saturated heterocycles. The molecule has 0 saturated carbocycles. The molecule has 8 heteroatoms. The summed E-state index contributed by atoms with van der Waals surface area (Å²) in [5.74, 6) is -0.210. The second-order valence-corrected chi connectivity index (χ2v) is 11.4. The molecule has 1 aliphatic heterocycles. The van der Waals surface area contributed by atoms with Gasteiger partial charge in [0.15, 0.2) is 11.5 Å². The molecule has 7 nitrogen and oxygen atoms in total. The van der Waals surface area contributed by atoms with Crippen molar-refractivity contribution in [3.05, 3.63) is 53.6 Å². The minimum absolute atomic E-state index is 0.377. The number of esters is 1. The highest BCUT2D eigenvalue weighted by molar-refractivity contribution is 7.98. The van der Waals surface area contributed by atoms with Gasteiger partial charge in [-0.3, -0.25) is 9.59 Å². The first-order chi connectivity index (χ1) is 18.6. The van der Waals surface area contributed by atoms with E-state index in [2.05, 4.69) is 0 Å². The summed E-state index contributed by atoms with van der Waals surface area (Å²) >= 11 is 1.62. The van der Waals surface area contributed by atoms with E-state index in [-0.39, 0.29) is 0 Å². The highest BCUT2D eigenvalue weighted by Crippen LogP contribution is 2.32. The van der Waals surface area contributed by atoms with Crippen LogP contribution in [0.5, 0.6) is 11.5 Å². The summed E-state index contributed by atoms with van der Waals surface area (Å²) in [4.78, 5) is 42.3. The summed E-state index contributed by atoms with van der Waals surface area (Å²) in [5, 5.41) is 0. The predicted octanol–water partition coefficient (Wildman–Crippen LogP) is 6.03. The van der Waals surface area contributed by atoms with Crippen molar-refractivity contribution >= 4 is 29.4 Å². The monoisotopic (exact) mass is 555 g/mol. The molecule has 0 spiro atoms. The van der Waals surface area contributed by atoms with Gasteiger partial charge >= 0.3 is 5.97 Å². The fourth-order valence-electron chi connectivity index (χ4n) is 4.69. The number of ketones is 1. The Morgan fingerprint density at radius 2 is 1.79 bits per heavy atom. The van der Waals surface area contributed by atoms with Gasteiger partial charge in [0.25, 0.3) is 5.91 Å². The number of likely N-dealkylation sites (tertiary alicyclic amines) is 1. The summed E-state index contributed by atoms with van der Waals surface area (Å²) in [5.41, 5.74) is 1.15. The minimum atomic E-state index is -0.775. The van der Waals surface area contributed by atoms with Gasteiger partial charge in [-0.2, -0.15) is 0 Å². The van der Waals surface area contributed by atoms with Gasteiger partial charge < -0.3 is 19.1 Å². The van der Waals surface area contributed by atoms with Crippen molar-refractivity contribution < 1.29 is 28.6 Å². The first-order valence-corrected chi connectivity index (χ1v) is 14.8. The lowest BCUT2D eigenvalue weighted by Gasteiger charge is -2.36. The van der Waals surface area contributed by atoms with Crippen LogP contribution in [0.1, 0.15) is 70.1 Å². The fourth-order valence-corrected chi connectivity index (χ4v) is 5.16. The van der Waals surface area contributed by atoms with Crippen LogP contribution in [0, 0.1) is 5.41 Å². The molecule has 2 aromatic rings. The van der Waals surface area contributed by atoms with Crippen molar-refractivity contribution in [2.45, 2.75) is 76.3 Å². The Balaban J connectivity index is 1.84. The number of carbonyl (C=O) groups excluding carboxylic acids is 3. The molecule has 1 heterocycles. The molecule has 1 amide bonds. The molecule has 0 bridgehead atoms. The molecule has 1 fully saturated rings. The van der Waals surface area contributed by atoms with Crippen LogP contribution in [-0.2, 0) is 25.5 Å². The van der Waals surface area contributed by atoms with Gasteiger partial charge in [-0.15, -0.1) is 11.8 Å². The molecule has 0 aromatic heterocycles. The Labute approximate surface area is 236 Å². The van der Waals surface area contributed by atoms with Crippen LogP contribution in [0.2, 0.25) is 0 Å². The molecule has 3 rings (SSSR count). The summed E-state index contributed by atoms with van der Waals surface area (Å²) in [7, 11) is 3.20. The Bertz CT molecular complexity index is 1160. The van der Waals surface area contributed by atoms with Crippen LogP contribution in [0.25, 0.3) is 0 Å². The lowest BCUT2D eigenvalue weighted by molar-refractivity contribution is -0.164. The van der Waals surface area contributed by atoms with E-state index in [1.807, 2.05) is 55.6 Å². The SMILES string of the molecule is CCC(C)(C)C(=O)C(=O)N1CCCC[C@H]1C(=O)O[C@H](CCc1ccc(OC)c(OC)c1)c1cccc(SC)c1. The highest BCUT2D eigenvalue weighted by Gasteiger charge is 2.41. The molecular formula is C31H41NO6S. The number of aryl methyl sites for hydroxylation is 1. The Morgan fingerprint density at radius 3 is 2.46 bits per heavy atom. The average molecular weight is 556 g/mol. The molecule has 0 radical (unpaired) electrons. The number of benzene rings is 2. The molecule has 212 valence electrons. The average Bonchev–Trinajstić information content (AvgIpc) is 2.97. The molecular weight excluding hydrogens is 514 g/mol. The lowest BCUT2D eigenvalue weighted by Crippen LogP contribution is -2.53. The van der Waals surface area contributed by atoms with Crippen LogP contribution in [0.4, 0.5) is 0 Å². The smallest absolute Gasteiger partial charge is 0.329 e.